The van der Waals surface area contributed by atoms with Crippen LogP contribution in [0.5, 0.6) is 5.75 Å². The van der Waals surface area contributed by atoms with E-state index >= 15 is 0 Å². The van der Waals surface area contributed by atoms with Crippen LogP contribution in [0.15, 0.2) is 67.3 Å². The van der Waals surface area contributed by atoms with E-state index in [1.807, 2.05) is 34.9 Å². The van der Waals surface area contributed by atoms with Crippen LogP contribution >= 0.6 is 0 Å². The standard InChI is InChI=1S/C28H21N7O3/c29-26-25-27(31-13-30-25)34(14-32-26)10-17-11-35(21-9-22(37)18-6-1-2-7-19(18)23(17)21)28(38)20-8-15-4-3-5-16(12-36)24(15)33-20/h1-9,12-14,17,29,33,37H,10-11H2,(H,30,31)/t17-/m1/s1. The van der Waals surface area contributed by atoms with Gasteiger partial charge in [0.15, 0.2) is 17.4 Å². The van der Waals surface area contributed by atoms with Gasteiger partial charge in [-0.1, -0.05) is 36.4 Å². The van der Waals surface area contributed by atoms with Gasteiger partial charge in [-0.3, -0.25) is 15.0 Å². The minimum absolute atomic E-state index is 0.0975. The molecule has 0 radical (unpaired) electrons. The number of anilines is 1. The van der Waals surface area contributed by atoms with E-state index in [2.05, 4.69) is 19.9 Å². The number of benzene rings is 3. The van der Waals surface area contributed by atoms with Crippen LogP contribution in [0, 0.1) is 5.41 Å². The Morgan fingerprint density at radius 2 is 1.95 bits per heavy atom. The summed E-state index contributed by atoms with van der Waals surface area (Å²) in [5, 5.41) is 21.3. The highest BCUT2D eigenvalue weighted by atomic mass is 16.3. The number of amides is 1. The summed E-state index contributed by atoms with van der Waals surface area (Å²) in [7, 11) is 0. The van der Waals surface area contributed by atoms with Crippen LogP contribution in [0.2, 0.25) is 0 Å². The highest BCUT2D eigenvalue weighted by molar-refractivity contribution is 6.12. The Kier molecular flexibility index (Phi) is 4.71. The molecule has 1 aliphatic rings. The van der Waals surface area contributed by atoms with E-state index in [0.717, 1.165) is 22.6 Å². The number of hydrogen-bond donors (Lipinski definition) is 4. The minimum Gasteiger partial charge on any atom is -0.507 e. The van der Waals surface area contributed by atoms with Crippen molar-refractivity contribution in [1.29, 1.82) is 5.41 Å². The van der Waals surface area contributed by atoms with Gasteiger partial charge in [-0.2, -0.15) is 0 Å². The summed E-state index contributed by atoms with van der Waals surface area (Å²) in [4.78, 5) is 41.8. The number of fused-ring (bicyclic) bond motifs is 5. The van der Waals surface area contributed by atoms with Gasteiger partial charge in [-0.05, 0) is 23.1 Å². The fourth-order valence-corrected chi connectivity index (χ4v) is 5.60. The third-order valence-electron chi connectivity index (χ3n) is 7.31. The molecule has 0 unspecified atom stereocenters. The molecule has 6 aromatic rings. The van der Waals surface area contributed by atoms with Crippen molar-refractivity contribution in [2.45, 2.75) is 12.5 Å². The zero-order valence-electron chi connectivity index (χ0n) is 20.0. The second-order valence-electron chi connectivity index (χ2n) is 9.45. The molecule has 0 aliphatic carbocycles. The Morgan fingerprint density at radius 3 is 2.79 bits per heavy atom. The molecule has 0 spiro atoms. The Balaban J connectivity index is 1.37. The van der Waals surface area contributed by atoms with Gasteiger partial charge in [0.25, 0.3) is 5.91 Å². The number of para-hydroxylation sites is 1. The van der Waals surface area contributed by atoms with Gasteiger partial charge < -0.3 is 24.5 Å². The average molecular weight is 504 g/mol. The maximum atomic E-state index is 13.9. The molecule has 0 fully saturated rings. The Hall–Kier alpha value is -5.25. The number of hydrogen-bond acceptors (Lipinski definition) is 6. The third-order valence-corrected chi connectivity index (χ3v) is 7.31. The second kappa shape index (κ2) is 8.13. The molecule has 186 valence electrons. The van der Waals surface area contributed by atoms with Crippen molar-refractivity contribution < 1.29 is 14.7 Å². The molecule has 4 heterocycles. The molecular weight excluding hydrogens is 482 g/mol. The Labute approximate surface area is 214 Å². The zero-order valence-corrected chi connectivity index (χ0v) is 20.0. The van der Waals surface area contributed by atoms with Crippen molar-refractivity contribution in [2.24, 2.45) is 0 Å². The number of nitrogens with one attached hydrogen (secondary N) is 3. The molecular formula is C28H21N7O3. The smallest absolute Gasteiger partial charge is 0.274 e. The van der Waals surface area contributed by atoms with Crippen molar-refractivity contribution >= 4 is 50.7 Å². The number of rotatable bonds is 4. The Bertz CT molecular complexity index is 1980. The lowest BCUT2D eigenvalue weighted by Gasteiger charge is -2.18. The minimum atomic E-state index is -0.258. The van der Waals surface area contributed by atoms with Crippen molar-refractivity contribution in [3.8, 4) is 5.75 Å². The van der Waals surface area contributed by atoms with Crippen LogP contribution in [0.3, 0.4) is 0 Å². The van der Waals surface area contributed by atoms with E-state index in [-0.39, 0.29) is 23.1 Å². The van der Waals surface area contributed by atoms with E-state index in [4.69, 9.17) is 5.41 Å². The molecule has 4 N–H and O–H groups in total. The molecule has 1 amide bonds. The van der Waals surface area contributed by atoms with Crippen molar-refractivity contribution in [2.75, 3.05) is 11.4 Å². The number of phenolic OH excluding ortho intramolecular Hbond substituents is 1. The van der Waals surface area contributed by atoms with Crippen molar-refractivity contribution in [3.05, 3.63) is 89.6 Å². The molecule has 38 heavy (non-hydrogen) atoms. The summed E-state index contributed by atoms with van der Waals surface area (Å²) in [6.07, 6.45) is 3.90. The van der Waals surface area contributed by atoms with Gasteiger partial charge in [-0.25, -0.2) is 9.97 Å². The number of nitrogens with zero attached hydrogens (tertiary/aromatic N) is 4. The maximum absolute atomic E-state index is 13.9. The van der Waals surface area contributed by atoms with Crippen LogP contribution < -0.4 is 10.4 Å². The first-order valence-electron chi connectivity index (χ1n) is 12.1. The molecule has 1 aliphatic heterocycles. The zero-order chi connectivity index (χ0) is 26.0. The number of aromatic amines is 2. The predicted octanol–water partition coefficient (Wildman–Crippen LogP) is 3.84. The number of H-pyrrole nitrogens is 2. The van der Waals surface area contributed by atoms with Gasteiger partial charge >= 0.3 is 0 Å². The molecule has 7 rings (SSSR count). The number of carbonyl (C=O) groups is 2. The average Bonchev–Trinajstić information content (AvgIpc) is 3.67. The lowest BCUT2D eigenvalue weighted by atomic mass is 9.94. The summed E-state index contributed by atoms with van der Waals surface area (Å²) in [5.41, 5.74) is 4.29. The van der Waals surface area contributed by atoms with Crippen LogP contribution in [0.25, 0.3) is 32.8 Å². The van der Waals surface area contributed by atoms with E-state index in [0.29, 0.717) is 52.1 Å². The highest BCUT2D eigenvalue weighted by Gasteiger charge is 2.36. The molecule has 1 atom stereocenters. The second-order valence-corrected chi connectivity index (χ2v) is 9.45. The first kappa shape index (κ1) is 22.0. The van der Waals surface area contributed by atoms with E-state index in [9.17, 15) is 14.7 Å². The number of phenols is 1. The van der Waals surface area contributed by atoms with Gasteiger partial charge in [0, 0.05) is 41.4 Å². The molecule has 0 saturated carbocycles. The van der Waals surface area contributed by atoms with Gasteiger partial charge in [0.2, 0.25) is 0 Å². The highest BCUT2D eigenvalue weighted by Crippen LogP contribution is 2.46. The Morgan fingerprint density at radius 1 is 1.11 bits per heavy atom. The van der Waals surface area contributed by atoms with Crippen LogP contribution in [-0.4, -0.2) is 48.3 Å². The molecule has 0 bridgehead atoms. The number of carbonyl (C=O) groups excluding carboxylic acids is 2. The lowest BCUT2D eigenvalue weighted by Crippen LogP contribution is -2.31. The fraction of sp³-hybridized carbons (Fsp3) is 0.107. The summed E-state index contributed by atoms with van der Waals surface area (Å²) in [6.45, 7) is 0.821. The van der Waals surface area contributed by atoms with Crippen LogP contribution in [-0.2, 0) is 6.54 Å². The van der Waals surface area contributed by atoms with E-state index in [1.165, 1.54) is 6.33 Å². The molecule has 10 heteroatoms. The maximum Gasteiger partial charge on any atom is 0.274 e. The van der Waals surface area contributed by atoms with E-state index in [1.54, 1.807) is 35.5 Å². The monoisotopic (exact) mass is 503 g/mol. The molecule has 3 aromatic carbocycles. The number of aromatic hydroxyl groups is 1. The van der Waals surface area contributed by atoms with Crippen molar-refractivity contribution in [3.63, 3.8) is 0 Å². The van der Waals surface area contributed by atoms with Gasteiger partial charge in [0.05, 0.1) is 23.9 Å². The van der Waals surface area contributed by atoms with Crippen LogP contribution in [0.1, 0.15) is 32.3 Å². The molecule has 0 saturated heterocycles. The quantitative estimate of drug-likeness (QED) is 0.270. The number of aldehydes is 1. The summed E-state index contributed by atoms with van der Waals surface area (Å²) in [5.74, 6) is -0.302. The number of imidazole rings is 1. The first-order valence-corrected chi connectivity index (χ1v) is 12.1. The molecule has 10 nitrogen and oxygen atoms in total. The summed E-state index contributed by atoms with van der Waals surface area (Å²) in [6, 6.07) is 16.3. The summed E-state index contributed by atoms with van der Waals surface area (Å²) >= 11 is 0. The predicted molar refractivity (Wildman–Crippen MR) is 141 cm³/mol. The van der Waals surface area contributed by atoms with Gasteiger partial charge in [-0.15, -0.1) is 0 Å². The normalized spacial score (nSPS) is 14.9. The first-order chi connectivity index (χ1) is 18.5. The SMILES string of the molecule is N=c1ncn(C[C@@H]2CN(C(=O)c3cc4cccc(C=O)c4[nH]3)c3cc(O)c4ccccc4c32)c2nc[nH]c12. The van der Waals surface area contributed by atoms with Crippen LogP contribution in [0.4, 0.5) is 5.69 Å². The van der Waals surface area contributed by atoms with Crippen molar-refractivity contribution in [1.82, 2.24) is 24.5 Å². The fourth-order valence-electron chi connectivity index (χ4n) is 5.60. The van der Waals surface area contributed by atoms with E-state index < -0.39 is 0 Å². The molecule has 3 aromatic heterocycles. The van der Waals surface area contributed by atoms with Gasteiger partial charge in [0.1, 0.15) is 17.0 Å². The number of aromatic nitrogens is 5. The lowest BCUT2D eigenvalue weighted by molar-refractivity contribution is 0.0983. The summed E-state index contributed by atoms with van der Waals surface area (Å²) < 4.78 is 1.88. The third kappa shape index (κ3) is 3.16. The topological polar surface area (TPSA) is 144 Å². The largest absolute Gasteiger partial charge is 0.507 e.